The molecule has 0 heterocycles. The van der Waals surface area contributed by atoms with Crippen LogP contribution >= 0.6 is 0 Å². The van der Waals surface area contributed by atoms with Gasteiger partial charge in [-0.2, -0.15) is 0 Å². The van der Waals surface area contributed by atoms with E-state index < -0.39 is 0 Å². The summed E-state index contributed by atoms with van der Waals surface area (Å²) in [7, 11) is 4.05. The van der Waals surface area contributed by atoms with Crippen molar-refractivity contribution in [1.29, 1.82) is 0 Å². The molecule has 0 bridgehead atoms. The highest BCUT2D eigenvalue weighted by Crippen LogP contribution is 2.18. The van der Waals surface area contributed by atoms with Crippen molar-refractivity contribution in [2.24, 2.45) is 0 Å². The van der Waals surface area contributed by atoms with Crippen molar-refractivity contribution >= 4 is 11.7 Å². The van der Waals surface area contributed by atoms with Gasteiger partial charge in [-0.3, -0.25) is 0 Å². The predicted octanol–water partition coefficient (Wildman–Crippen LogP) is 3.98. The molecule has 0 aliphatic heterocycles. The number of nitrogens with one attached hydrogen (secondary N) is 2. The lowest BCUT2D eigenvalue weighted by atomic mass is 10.0. The van der Waals surface area contributed by atoms with Crippen LogP contribution in [0, 0.1) is 6.92 Å². The second-order valence-electron chi connectivity index (χ2n) is 6.28. The maximum Gasteiger partial charge on any atom is 0.319 e. The van der Waals surface area contributed by atoms with Crippen LogP contribution in [0.1, 0.15) is 29.7 Å². The number of anilines is 1. The summed E-state index contributed by atoms with van der Waals surface area (Å²) < 4.78 is 0. The van der Waals surface area contributed by atoms with Gasteiger partial charge in [0.25, 0.3) is 0 Å². The average molecular weight is 325 g/mol. The minimum absolute atomic E-state index is 0.138. The van der Waals surface area contributed by atoms with Gasteiger partial charge in [-0.25, -0.2) is 4.79 Å². The molecule has 2 rings (SSSR count). The molecule has 0 aliphatic rings. The largest absolute Gasteiger partial charge is 0.336 e. The molecule has 0 fully saturated rings. The number of urea groups is 1. The number of amides is 2. The maximum atomic E-state index is 12.1. The van der Waals surface area contributed by atoms with Gasteiger partial charge in [-0.05, 0) is 56.3 Å². The van der Waals surface area contributed by atoms with E-state index in [0.29, 0.717) is 6.54 Å². The summed E-state index contributed by atoms with van der Waals surface area (Å²) in [4.78, 5) is 14.3. The number of rotatable bonds is 6. The van der Waals surface area contributed by atoms with E-state index in [-0.39, 0.29) is 12.1 Å². The van der Waals surface area contributed by atoms with Crippen molar-refractivity contribution in [3.8, 4) is 0 Å². The monoisotopic (exact) mass is 325 g/mol. The Morgan fingerprint density at radius 3 is 2.42 bits per heavy atom. The summed E-state index contributed by atoms with van der Waals surface area (Å²) >= 11 is 0. The summed E-state index contributed by atoms with van der Waals surface area (Å²) in [6.45, 7) is 4.71. The molecular weight excluding hydrogens is 298 g/mol. The Bertz CT molecular complexity index is 665. The normalized spacial score (nSPS) is 12.0. The number of hydrogen-bond acceptors (Lipinski definition) is 2. The molecule has 1 atom stereocenters. The van der Waals surface area contributed by atoms with E-state index >= 15 is 0 Å². The summed E-state index contributed by atoms with van der Waals surface area (Å²) in [6, 6.07) is 16.3. The summed E-state index contributed by atoms with van der Waals surface area (Å²) in [5.74, 6) is 0. The van der Waals surface area contributed by atoms with Gasteiger partial charge in [-0.15, -0.1) is 0 Å². The van der Waals surface area contributed by atoms with Gasteiger partial charge in [0.1, 0.15) is 0 Å². The fraction of sp³-hybridized carbons (Fsp3) is 0.350. The van der Waals surface area contributed by atoms with Crippen LogP contribution in [0.2, 0.25) is 0 Å². The average Bonchev–Trinajstić information content (AvgIpc) is 2.55. The van der Waals surface area contributed by atoms with Gasteiger partial charge in [0.05, 0.1) is 6.04 Å². The van der Waals surface area contributed by atoms with E-state index in [4.69, 9.17) is 0 Å². The Balaban J connectivity index is 1.96. The van der Waals surface area contributed by atoms with Crippen molar-refractivity contribution in [2.45, 2.75) is 26.3 Å². The van der Waals surface area contributed by atoms with Gasteiger partial charge in [0.2, 0.25) is 0 Å². The Morgan fingerprint density at radius 2 is 1.83 bits per heavy atom. The Labute approximate surface area is 144 Å². The second kappa shape index (κ2) is 8.50. The first-order valence-corrected chi connectivity index (χ1v) is 8.36. The number of hydrogen-bond donors (Lipinski definition) is 2. The van der Waals surface area contributed by atoms with Crippen molar-refractivity contribution in [3.63, 3.8) is 0 Å². The van der Waals surface area contributed by atoms with Crippen molar-refractivity contribution in [2.75, 3.05) is 26.0 Å². The number of carbonyl (C=O) groups excluding carboxylic acids is 1. The van der Waals surface area contributed by atoms with E-state index in [1.807, 2.05) is 45.3 Å². The third-order valence-corrected chi connectivity index (χ3v) is 4.13. The molecule has 2 aromatic rings. The van der Waals surface area contributed by atoms with Gasteiger partial charge < -0.3 is 15.5 Å². The SMILES string of the molecule is CCc1ccc([C@H](CNC(=O)Nc2cccc(C)c2)N(C)C)cc1. The molecule has 0 radical (unpaired) electrons. The minimum atomic E-state index is -0.183. The quantitative estimate of drug-likeness (QED) is 0.843. The number of nitrogens with zero attached hydrogens (tertiary/aromatic N) is 1. The topological polar surface area (TPSA) is 44.4 Å². The lowest BCUT2D eigenvalue weighted by molar-refractivity contribution is 0.243. The number of aryl methyl sites for hydroxylation is 2. The molecule has 24 heavy (non-hydrogen) atoms. The third-order valence-electron chi connectivity index (χ3n) is 4.13. The molecule has 0 saturated heterocycles. The van der Waals surface area contributed by atoms with E-state index in [1.165, 1.54) is 11.1 Å². The molecule has 0 saturated carbocycles. The molecule has 2 amide bonds. The van der Waals surface area contributed by atoms with Crippen LogP contribution in [-0.2, 0) is 6.42 Å². The van der Waals surface area contributed by atoms with E-state index in [0.717, 1.165) is 17.7 Å². The Kier molecular flexibility index (Phi) is 6.38. The van der Waals surface area contributed by atoms with Crippen molar-refractivity contribution in [1.82, 2.24) is 10.2 Å². The maximum absolute atomic E-state index is 12.1. The number of likely N-dealkylation sites (N-methyl/N-ethyl adjacent to an activating group) is 1. The zero-order chi connectivity index (χ0) is 17.5. The first-order valence-electron chi connectivity index (χ1n) is 8.36. The lowest BCUT2D eigenvalue weighted by Crippen LogP contribution is -2.36. The number of carbonyl (C=O) groups is 1. The molecule has 0 aliphatic carbocycles. The van der Waals surface area contributed by atoms with Crippen LogP contribution in [0.15, 0.2) is 48.5 Å². The summed E-state index contributed by atoms with van der Waals surface area (Å²) in [5, 5.41) is 5.85. The van der Waals surface area contributed by atoms with E-state index in [1.54, 1.807) is 0 Å². The van der Waals surface area contributed by atoms with Crippen LogP contribution in [0.25, 0.3) is 0 Å². The zero-order valence-electron chi connectivity index (χ0n) is 15.0. The smallest absolute Gasteiger partial charge is 0.319 e. The molecule has 0 spiro atoms. The van der Waals surface area contributed by atoms with Crippen LogP contribution in [0.3, 0.4) is 0 Å². The Morgan fingerprint density at radius 1 is 1.12 bits per heavy atom. The van der Waals surface area contributed by atoms with E-state index in [2.05, 4.69) is 46.7 Å². The predicted molar refractivity (Wildman–Crippen MR) is 100 cm³/mol. The van der Waals surface area contributed by atoms with Crippen molar-refractivity contribution < 1.29 is 4.79 Å². The van der Waals surface area contributed by atoms with Crippen LogP contribution in [0.4, 0.5) is 10.5 Å². The lowest BCUT2D eigenvalue weighted by Gasteiger charge is -2.25. The highest BCUT2D eigenvalue weighted by molar-refractivity contribution is 5.89. The highest BCUT2D eigenvalue weighted by Gasteiger charge is 2.15. The fourth-order valence-corrected chi connectivity index (χ4v) is 2.66. The molecule has 4 heteroatoms. The van der Waals surface area contributed by atoms with Crippen LogP contribution < -0.4 is 10.6 Å². The number of benzene rings is 2. The summed E-state index contributed by atoms with van der Waals surface area (Å²) in [6.07, 6.45) is 1.03. The van der Waals surface area contributed by atoms with Gasteiger partial charge in [0.15, 0.2) is 0 Å². The van der Waals surface area contributed by atoms with Gasteiger partial charge in [0, 0.05) is 12.2 Å². The third kappa shape index (κ3) is 5.10. The minimum Gasteiger partial charge on any atom is -0.336 e. The molecule has 0 aromatic heterocycles. The molecule has 0 unspecified atom stereocenters. The molecular formula is C20H27N3O. The van der Waals surface area contributed by atoms with Crippen molar-refractivity contribution in [3.05, 3.63) is 65.2 Å². The Hall–Kier alpha value is -2.33. The second-order valence-corrected chi connectivity index (χ2v) is 6.28. The van der Waals surface area contributed by atoms with Gasteiger partial charge in [-0.1, -0.05) is 43.3 Å². The molecule has 4 nitrogen and oxygen atoms in total. The first-order chi connectivity index (χ1) is 11.5. The standard InChI is InChI=1S/C20H27N3O/c1-5-16-9-11-17(12-10-16)19(23(3)4)14-21-20(24)22-18-8-6-7-15(2)13-18/h6-13,19H,5,14H2,1-4H3,(H2,21,22,24)/t19-/m0/s1. The van der Waals surface area contributed by atoms with E-state index in [9.17, 15) is 4.79 Å². The van der Waals surface area contributed by atoms with Crippen LogP contribution in [0.5, 0.6) is 0 Å². The fourth-order valence-electron chi connectivity index (χ4n) is 2.66. The highest BCUT2D eigenvalue weighted by atomic mass is 16.2. The van der Waals surface area contributed by atoms with Gasteiger partial charge >= 0.3 is 6.03 Å². The zero-order valence-corrected chi connectivity index (χ0v) is 15.0. The molecule has 2 aromatic carbocycles. The first kappa shape index (κ1) is 18.0. The molecule has 2 N–H and O–H groups in total. The molecule has 128 valence electrons. The van der Waals surface area contributed by atoms with Crippen LogP contribution in [-0.4, -0.2) is 31.6 Å². The summed E-state index contributed by atoms with van der Waals surface area (Å²) in [5.41, 5.74) is 4.45.